The summed E-state index contributed by atoms with van der Waals surface area (Å²) in [6.07, 6.45) is 0. The van der Waals surface area contributed by atoms with Crippen molar-refractivity contribution in [2.24, 2.45) is 0 Å². The Bertz CT molecular complexity index is 561. The molecule has 0 heterocycles. The van der Waals surface area contributed by atoms with Crippen LogP contribution in [0.25, 0.3) is 0 Å². The average Bonchev–Trinajstić information content (AvgIpc) is 2.40. The fourth-order valence-electron chi connectivity index (χ4n) is 1.69. The quantitative estimate of drug-likeness (QED) is 0.775. The van der Waals surface area contributed by atoms with Crippen molar-refractivity contribution in [2.45, 2.75) is 23.6 Å². The third-order valence-corrected chi connectivity index (χ3v) is 3.59. The first-order valence-electron chi connectivity index (χ1n) is 6.21. The van der Waals surface area contributed by atoms with Crippen LogP contribution in [0.3, 0.4) is 0 Å². The fourth-order valence-corrected chi connectivity index (χ4v) is 2.62. The highest BCUT2D eigenvalue weighted by atomic mass is 32.2. The zero-order valence-corrected chi connectivity index (χ0v) is 11.9. The third kappa shape index (κ3) is 3.86. The zero-order valence-electron chi connectivity index (χ0n) is 11.1. The van der Waals surface area contributed by atoms with E-state index in [4.69, 9.17) is 4.74 Å². The van der Waals surface area contributed by atoms with Crippen LogP contribution in [-0.2, 0) is 4.74 Å². The molecule has 0 saturated carbocycles. The van der Waals surface area contributed by atoms with Gasteiger partial charge in [-0.15, -0.1) is 0 Å². The molecule has 0 saturated heterocycles. The molecule has 3 heteroatoms. The molecular formula is C16H16O2S. The number of esters is 1. The van der Waals surface area contributed by atoms with Crippen molar-refractivity contribution in [3.63, 3.8) is 0 Å². The van der Waals surface area contributed by atoms with Crippen LogP contribution >= 0.6 is 11.8 Å². The molecule has 0 aliphatic heterocycles. The van der Waals surface area contributed by atoms with Gasteiger partial charge in [0.05, 0.1) is 12.2 Å². The van der Waals surface area contributed by atoms with Gasteiger partial charge in [0.25, 0.3) is 0 Å². The number of aryl methyl sites for hydroxylation is 1. The second kappa shape index (κ2) is 6.43. The van der Waals surface area contributed by atoms with Crippen LogP contribution in [0.15, 0.2) is 58.3 Å². The Morgan fingerprint density at radius 1 is 1.11 bits per heavy atom. The first kappa shape index (κ1) is 13.7. The molecule has 2 aromatic rings. The van der Waals surface area contributed by atoms with Gasteiger partial charge in [0.2, 0.25) is 0 Å². The van der Waals surface area contributed by atoms with Crippen LogP contribution in [-0.4, -0.2) is 12.6 Å². The Labute approximate surface area is 117 Å². The lowest BCUT2D eigenvalue weighted by Crippen LogP contribution is -2.03. The van der Waals surface area contributed by atoms with Crippen molar-refractivity contribution >= 4 is 17.7 Å². The van der Waals surface area contributed by atoms with E-state index in [0.29, 0.717) is 12.2 Å². The lowest BCUT2D eigenvalue weighted by molar-refractivity contribution is 0.0526. The molecule has 0 aliphatic carbocycles. The predicted molar refractivity (Wildman–Crippen MR) is 77.7 cm³/mol. The minimum absolute atomic E-state index is 0.269. The highest BCUT2D eigenvalue weighted by Crippen LogP contribution is 2.28. The van der Waals surface area contributed by atoms with Crippen molar-refractivity contribution < 1.29 is 9.53 Å². The number of carbonyl (C=O) groups is 1. The molecule has 0 amide bonds. The summed E-state index contributed by atoms with van der Waals surface area (Å²) in [6, 6.07) is 15.8. The summed E-state index contributed by atoms with van der Waals surface area (Å²) in [7, 11) is 0. The summed E-state index contributed by atoms with van der Waals surface area (Å²) >= 11 is 1.68. The van der Waals surface area contributed by atoms with Crippen LogP contribution in [0.1, 0.15) is 22.8 Å². The molecule has 0 radical (unpaired) electrons. The predicted octanol–water partition coefficient (Wildman–Crippen LogP) is 4.32. The van der Waals surface area contributed by atoms with E-state index in [1.165, 1.54) is 10.5 Å². The van der Waals surface area contributed by atoms with Crippen LogP contribution < -0.4 is 0 Å². The van der Waals surface area contributed by atoms with Gasteiger partial charge < -0.3 is 4.74 Å². The van der Waals surface area contributed by atoms with E-state index in [0.717, 1.165) is 4.90 Å². The summed E-state index contributed by atoms with van der Waals surface area (Å²) < 4.78 is 4.96. The average molecular weight is 272 g/mol. The maximum atomic E-state index is 11.5. The largest absolute Gasteiger partial charge is 0.462 e. The summed E-state index contributed by atoms with van der Waals surface area (Å²) in [5.41, 5.74) is 1.84. The summed E-state index contributed by atoms with van der Waals surface area (Å²) in [4.78, 5) is 13.8. The fraction of sp³-hybridized carbons (Fsp3) is 0.188. The number of hydrogen-bond donors (Lipinski definition) is 0. The van der Waals surface area contributed by atoms with Crippen molar-refractivity contribution in [3.8, 4) is 0 Å². The first-order valence-corrected chi connectivity index (χ1v) is 7.02. The number of rotatable bonds is 4. The number of benzene rings is 2. The lowest BCUT2D eigenvalue weighted by atomic mass is 10.2. The van der Waals surface area contributed by atoms with E-state index < -0.39 is 0 Å². The van der Waals surface area contributed by atoms with E-state index in [1.807, 2.05) is 18.2 Å². The van der Waals surface area contributed by atoms with E-state index in [9.17, 15) is 4.79 Å². The second-order valence-electron chi connectivity index (χ2n) is 4.16. The molecule has 0 atom stereocenters. The summed E-state index contributed by atoms with van der Waals surface area (Å²) in [5.74, 6) is -0.269. The van der Waals surface area contributed by atoms with E-state index in [-0.39, 0.29) is 5.97 Å². The molecule has 0 spiro atoms. The molecule has 0 fully saturated rings. The number of hydrogen-bond acceptors (Lipinski definition) is 3. The van der Waals surface area contributed by atoms with Crippen molar-refractivity contribution in [1.82, 2.24) is 0 Å². The van der Waals surface area contributed by atoms with Crippen LogP contribution in [0.5, 0.6) is 0 Å². The molecule has 98 valence electrons. The normalized spacial score (nSPS) is 10.2. The Balaban J connectivity index is 2.08. The van der Waals surface area contributed by atoms with Gasteiger partial charge in [-0.1, -0.05) is 29.5 Å². The lowest BCUT2D eigenvalue weighted by Gasteiger charge is -2.05. The van der Waals surface area contributed by atoms with E-state index >= 15 is 0 Å². The molecule has 2 nitrogen and oxygen atoms in total. The van der Waals surface area contributed by atoms with Crippen molar-refractivity contribution in [3.05, 3.63) is 59.7 Å². The van der Waals surface area contributed by atoms with Crippen LogP contribution in [0.2, 0.25) is 0 Å². The molecule has 0 aromatic heterocycles. The molecule has 19 heavy (non-hydrogen) atoms. The smallest absolute Gasteiger partial charge is 0.338 e. The number of carbonyl (C=O) groups excluding carboxylic acids is 1. The minimum Gasteiger partial charge on any atom is -0.462 e. The van der Waals surface area contributed by atoms with Crippen molar-refractivity contribution in [1.29, 1.82) is 0 Å². The Hall–Kier alpha value is -1.74. The van der Waals surface area contributed by atoms with Gasteiger partial charge >= 0.3 is 5.97 Å². The van der Waals surface area contributed by atoms with Gasteiger partial charge in [-0.25, -0.2) is 4.79 Å². The molecule has 0 N–H and O–H groups in total. The Morgan fingerprint density at radius 2 is 1.84 bits per heavy atom. The number of ether oxygens (including phenoxy) is 1. The maximum Gasteiger partial charge on any atom is 0.338 e. The first-order chi connectivity index (χ1) is 9.19. The highest BCUT2D eigenvalue weighted by Gasteiger charge is 2.06. The molecule has 2 aromatic carbocycles. The summed E-state index contributed by atoms with van der Waals surface area (Å²) in [6.45, 7) is 4.28. The Kier molecular flexibility index (Phi) is 4.63. The molecule has 0 unspecified atom stereocenters. The molecule has 2 rings (SSSR count). The standard InChI is InChI=1S/C16H16O2S/c1-3-18-16(17)13-7-9-14(10-8-13)19-15-6-4-5-12(2)11-15/h4-11H,3H2,1-2H3. The monoisotopic (exact) mass is 272 g/mol. The van der Waals surface area contributed by atoms with E-state index in [2.05, 4.69) is 25.1 Å². The van der Waals surface area contributed by atoms with Gasteiger partial charge in [-0.05, 0) is 50.2 Å². The van der Waals surface area contributed by atoms with Gasteiger partial charge in [0, 0.05) is 9.79 Å². The maximum absolute atomic E-state index is 11.5. The second-order valence-corrected chi connectivity index (χ2v) is 5.31. The molecule has 0 aliphatic rings. The van der Waals surface area contributed by atoms with Crippen LogP contribution in [0.4, 0.5) is 0 Å². The van der Waals surface area contributed by atoms with Crippen molar-refractivity contribution in [2.75, 3.05) is 6.61 Å². The SMILES string of the molecule is CCOC(=O)c1ccc(Sc2cccc(C)c2)cc1. The van der Waals surface area contributed by atoms with Gasteiger partial charge in [0.1, 0.15) is 0 Å². The minimum atomic E-state index is -0.269. The summed E-state index contributed by atoms with van der Waals surface area (Å²) in [5, 5.41) is 0. The Morgan fingerprint density at radius 3 is 2.47 bits per heavy atom. The van der Waals surface area contributed by atoms with Gasteiger partial charge in [-0.2, -0.15) is 0 Å². The zero-order chi connectivity index (χ0) is 13.7. The molecule has 0 bridgehead atoms. The van der Waals surface area contributed by atoms with E-state index in [1.54, 1.807) is 30.8 Å². The third-order valence-electron chi connectivity index (χ3n) is 2.59. The molecular weight excluding hydrogens is 256 g/mol. The van der Waals surface area contributed by atoms with Gasteiger partial charge in [0.15, 0.2) is 0 Å². The highest BCUT2D eigenvalue weighted by molar-refractivity contribution is 7.99. The van der Waals surface area contributed by atoms with Gasteiger partial charge in [-0.3, -0.25) is 0 Å². The topological polar surface area (TPSA) is 26.3 Å². The van der Waals surface area contributed by atoms with Crippen LogP contribution in [0, 0.1) is 6.92 Å².